The molecule has 1 saturated heterocycles. The Morgan fingerprint density at radius 1 is 1.44 bits per heavy atom. The fourth-order valence-electron chi connectivity index (χ4n) is 2.58. The van der Waals surface area contributed by atoms with Crippen LogP contribution in [0.5, 0.6) is 0 Å². The summed E-state index contributed by atoms with van der Waals surface area (Å²) in [6.45, 7) is 3.56. The lowest BCUT2D eigenvalue weighted by molar-refractivity contribution is -0.141. The first-order valence-corrected chi connectivity index (χ1v) is 6.08. The molecule has 2 rings (SSSR count). The van der Waals surface area contributed by atoms with Gasteiger partial charge in [-0.25, -0.2) is 0 Å². The molecule has 0 bridgehead atoms. The van der Waals surface area contributed by atoms with Crippen molar-refractivity contribution < 1.29 is 14.7 Å². The first-order chi connectivity index (χ1) is 7.58. The minimum Gasteiger partial charge on any atom is -0.481 e. The van der Waals surface area contributed by atoms with Gasteiger partial charge in [0.25, 0.3) is 0 Å². The van der Waals surface area contributed by atoms with Gasteiger partial charge in [0.2, 0.25) is 5.91 Å². The molecule has 4 nitrogen and oxygen atoms in total. The second-order valence-corrected chi connectivity index (χ2v) is 5.21. The number of hydrogen-bond acceptors (Lipinski definition) is 2. The van der Waals surface area contributed by atoms with Crippen molar-refractivity contribution >= 4 is 11.9 Å². The van der Waals surface area contributed by atoms with Crippen molar-refractivity contribution in [1.82, 2.24) is 4.90 Å². The Morgan fingerprint density at radius 2 is 2.12 bits per heavy atom. The highest BCUT2D eigenvalue weighted by atomic mass is 16.4. The Hall–Kier alpha value is -1.06. The van der Waals surface area contributed by atoms with Crippen LogP contribution in [0.25, 0.3) is 0 Å². The van der Waals surface area contributed by atoms with E-state index in [9.17, 15) is 9.59 Å². The molecular formula is C12H19NO3. The summed E-state index contributed by atoms with van der Waals surface area (Å²) >= 11 is 0. The van der Waals surface area contributed by atoms with Gasteiger partial charge in [-0.15, -0.1) is 0 Å². The van der Waals surface area contributed by atoms with Gasteiger partial charge in [-0.1, -0.05) is 6.92 Å². The molecule has 1 heterocycles. The van der Waals surface area contributed by atoms with Crippen molar-refractivity contribution in [2.24, 2.45) is 17.8 Å². The monoisotopic (exact) mass is 225 g/mol. The molecule has 90 valence electrons. The highest BCUT2D eigenvalue weighted by Crippen LogP contribution is 2.39. The molecule has 0 aromatic carbocycles. The van der Waals surface area contributed by atoms with Gasteiger partial charge in [0, 0.05) is 25.4 Å². The third-order valence-electron chi connectivity index (χ3n) is 3.72. The van der Waals surface area contributed by atoms with Crippen LogP contribution in [0.15, 0.2) is 0 Å². The highest BCUT2D eigenvalue weighted by Gasteiger charge is 2.42. The molecule has 1 aliphatic heterocycles. The maximum atomic E-state index is 12.0. The zero-order valence-corrected chi connectivity index (χ0v) is 9.69. The molecule has 0 aromatic heterocycles. The topological polar surface area (TPSA) is 57.6 Å². The van der Waals surface area contributed by atoms with Crippen LogP contribution in [-0.2, 0) is 9.59 Å². The molecule has 1 saturated carbocycles. The molecule has 2 fully saturated rings. The average Bonchev–Trinajstić information content (AvgIpc) is 2.94. The van der Waals surface area contributed by atoms with Gasteiger partial charge in [-0.05, 0) is 31.1 Å². The molecule has 0 spiro atoms. The van der Waals surface area contributed by atoms with E-state index < -0.39 is 5.97 Å². The van der Waals surface area contributed by atoms with Crippen molar-refractivity contribution in [2.75, 3.05) is 13.1 Å². The van der Waals surface area contributed by atoms with Crippen LogP contribution in [0.2, 0.25) is 0 Å². The lowest BCUT2D eigenvalue weighted by Gasteiger charge is -2.32. The molecule has 1 N–H and O–H groups in total. The van der Waals surface area contributed by atoms with Crippen molar-refractivity contribution in [2.45, 2.75) is 32.6 Å². The molecule has 4 heteroatoms. The van der Waals surface area contributed by atoms with Crippen molar-refractivity contribution in [3.05, 3.63) is 0 Å². The molecule has 1 aliphatic carbocycles. The number of rotatable bonds is 3. The summed E-state index contributed by atoms with van der Waals surface area (Å²) in [7, 11) is 0. The van der Waals surface area contributed by atoms with Gasteiger partial charge in [0.1, 0.15) is 0 Å². The van der Waals surface area contributed by atoms with E-state index in [1.807, 2.05) is 4.90 Å². The third kappa shape index (κ3) is 2.54. The number of aliphatic carboxylic acids is 1. The fourth-order valence-corrected chi connectivity index (χ4v) is 2.58. The maximum absolute atomic E-state index is 12.0. The first-order valence-electron chi connectivity index (χ1n) is 6.08. The molecule has 0 radical (unpaired) electrons. The summed E-state index contributed by atoms with van der Waals surface area (Å²) in [6, 6.07) is 0. The summed E-state index contributed by atoms with van der Waals surface area (Å²) in [5.41, 5.74) is 0. The SMILES string of the molecule is CC1CC1C(=O)N1CCCC(CC(=O)O)C1. The van der Waals surface area contributed by atoms with Crippen LogP contribution in [0.4, 0.5) is 0 Å². The van der Waals surface area contributed by atoms with Gasteiger partial charge < -0.3 is 10.0 Å². The highest BCUT2D eigenvalue weighted by molar-refractivity contribution is 5.81. The number of carboxylic acids is 1. The predicted molar refractivity (Wildman–Crippen MR) is 58.8 cm³/mol. The zero-order valence-electron chi connectivity index (χ0n) is 9.69. The quantitative estimate of drug-likeness (QED) is 0.789. The maximum Gasteiger partial charge on any atom is 0.303 e. The standard InChI is InChI=1S/C12H19NO3/c1-8-5-10(8)12(16)13-4-2-3-9(7-13)6-11(14)15/h8-10H,2-7H2,1H3,(H,14,15). The molecule has 3 atom stereocenters. The molecule has 1 amide bonds. The Balaban J connectivity index is 1.86. The summed E-state index contributed by atoms with van der Waals surface area (Å²) in [6.07, 6.45) is 3.10. The van der Waals surface area contributed by atoms with Crippen molar-refractivity contribution in [3.63, 3.8) is 0 Å². The van der Waals surface area contributed by atoms with E-state index in [0.29, 0.717) is 12.5 Å². The fraction of sp³-hybridized carbons (Fsp3) is 0.833. The number of likely N-dealkylation sites (tertiary alicyclic amines) is 1. The molecule has 16 heavy (non-hydrogen) atoms. The molecular weight excluding hydrogens is 206 g/mol. The van der Waals surface area contributed by atoms with Crippen LogP contribution < -0.4 is 0 Å². The van der Waals surface area contributed by atoms with Crippen LogP contribution in [0.1, 0.15) is 32.6 Å². The predicted octanol–water partition coefficient (Wildman–Crippen LogP) is 1.36. The van der Waals surface area contributed by atoms with Crippen LogP contribution in [0, 0.1) is 17.8 Å². The Kier molecular flexibility index (Phi) is 3.17. The average molecular weight is 225 g/mol. The molecule has 0 aromatic rings. The Labute approximate surface area is 95.6 Å². The zero-order chi connectivity index (χ0) is 11.7. The van der Waals surface area contributed by atoms with E-state index in [1.54, 1.807) is 0 Å². The second kappa shape index (κ2) is 4.44. The van der Waals surface area contributed by atoms with Crippen molar-refractivity contribution in [3.8, 4) is 0 Å². The van der Waals surface area contributed by atoms with E-state index in [1.165, 1.54) is 0 Å². The number of piperidine rings is 1. The Bertz CT molecular complexity index is 303. The lowest BCUT2D eigenvalue weighted by Crippen LogP contribution is -2.41. The summed E-state index contributed by atoms with van der Waals surface area (Å²) < 4.78 is 0. The minimum atomic E-state index is -0.751. The molecule has 3 unspecified atom stereocenters. The number of amides is 1. The largest absolute Gasteiger partial charge is 0.481 e. The number of carbonyl (C=O) groups excluding carboxylic acids is 1. The van der Waals surface area contributed by atoms with E-state index in [2.05, 4.69) is 6.92 Å². The Morgan fingerprint density at radius 3 is 2.69 bits per heavy atom. The third-order valence-corrected chi connectivity index (χ3v) is 3.72. The van der Waals surface area contributed by atoms with Gasteiger partial charge >= 0.3 is 5.97 Å². The summed E-state index contributed by atoms with van der Waals surface area (Å²) in [4.78, 5) is 24.5. The normalized spacial score (nSPS) is 33.6. The lowest BCUT2D eigenvalue weighted by atomic mass is 9.94. The van der Waals surface area contributed by atoms with E-state index in [4.69, 9.17) is 5.11 Å². The van der Waals surface area contributed by atoms with Gasteiger partial charge in [0.05, 0.1) is 0 Å². The number of hydrogen-bond donors (Lipinski definition) is 1. The van der Waals surface area contributed by atoms with Gasteiger partial charge in [-0.3, -0.25) is 9.59 Å². The first kappa shape index (κ1) is 11.4. The summed E-state index contributed by atoms with van der Waals surface area (Å²) in [5.74, 6) is 0.418. The number of carbonyl (C=O) groups is 2. The summed E-state index contributed by atoms with van der Waals surface area (Å²) in [5, 5.41) is 8.75. The van der Waals surface area contributed by atoms with E-state index in [-0.39, 0.29) is 24.2 Å². The van der Waals surface area contributed by atoms with E-state index in [0.717, 1.165) is 25.8 Å². The van der Waals surface area contributed by atoms with Gasteiger partial charge in [0.15, 0.2) is 0 Å². The van der Waals surface area contributed by atoms with E-state index >= 15 is 0 Å². The number of carboxylic acid groups (broad SMARTS) is 1. The molecule has 2 aliphatic rings. The van der Waals surface area contributed by atoms with Crippen LogP contribution >= 0.6 is 0 Å². The number of nitrogens with zero attached hydrogens (tertiary/aromatic N) is 1. The van der Waals surface area contributed by atoms with Crippen LogP contribution in [0.3, 0.4) is 0 Å². The van der Waals surface area contributed by atoms with Gasteiger partial charge in [-0.2, -0.15) is 0 Å². The smallest absolute Gasteiger partial charge is 0.303 e. The van der Waals surface area contributed by atoms with Crippen molar-refractivity contribution in [1.29, 1.82) is 0 Å². The minimum absolute atomic E-state index is 0.157. The second-order valence-electron chi connectivity index (χ2n) is 5.21. The van der Waals surface area contributed by atoms with Crippen LogP contribution in [-0.4, -0.2) is 35.0 Å².